The highest BCUT2D eigenvalue weighted by molar-refractivity contribution is 9.10. The van der Waals surface area contributed by atoms with Gasteiger partial charge in [0.25, 0.3) is 5.91 Å². The molecule has 0 unspecified atom stereocenters. The highest BCUT2D eigenvalue weighted by Gasteiger charge is 2.17. The molecule has 0 aliphatic heterocycles. The number of rotatable bonds is 10. The fourth-order valence-electron chi connectivity index (χ4n) is 3.27. The number of benzene rings is 3. The van der Waals surface area contributed by atoms with Crippen LogP contribution in [0.4, 0.5) is 5.69 Å². The first-order valence-electron chi connectivity index (χ1n) is 11.0. The van der Waals surface area contributed by atoms with Crippen LogP contribution in [0.1, 0.15) is 18.1 Å². The molecule has 37 heavy (non-hydrogen) atoms. The maximum atomic E-state index is 12.9. The van der Waals surface area contributed by atoms with E-state index in [4.69, 9.17) is 42.1 Å². The van der Waals surface area contributed by atoms with E-state index < -0.39 is 5.91 Å². The van der Waals surface area contributed by atoms with E-state index >= 15 is 0 Å². The minimum Gasteiger partial charge on any atom is -0.495 e. The van der Waals surface area contributed by atoms with Gasteiger partial charge in [0.05, 0.1) is 36.6 Å². The first kappa shape index (κ1) is 28.2. The Hall–Kier alpha value is -3.38. The molecule has 3 aromatic carbocycles. The molecule has 0 aliphatic carbocycles. The number of carbonyl (C=O) groups excluding carboxylic acids is 1. The fraction of sp³-hybridized carbons (Fsp3) is 0.185. The van der Waals surface area contributed by atoms with E-state index in [1.807, 2.05) is 37.3 Å². The molecule has 0 saturated carbocycles. The second-order valence-electron chi connectivity index (χ2n) is 7.49. The molecule has 7 nitrogen and oxygen atoms in total. The molecule has 0 heterocycles. The van der Waals surface area contributed by atoms with Crippen LogP contribution < -0.4 is 24.3 Å². The molecule has 3 rings (SSSR count). The van der Waals surface area contributed by atoms with Crippen molar-refractivity contribution >= 4 is 56.8 Å². The summed E-state index contributed by atoms with van der Waals surface area (Å²) in [7, 11) is 2.89. The number of hydrogen-bond acceptors (Lipinski definition) is 6. The first-order valence-corrected chi connectivity index (χ1v) is 12.5. The molecule has 0 radical (unpaired) electrons. The minimum atomic E-state index is -0.658. The monoisotopic (exact) mass is 604 g/mol. The number of methoxy groups -OCH3 is 2. The molecule has 10 heteroatoms. The van der Waals surface area contributed by atoms with E-state index in [9.17, 15) is 10.1 Å². The normalized spacial score (nSPS) is 10.9. The van der Waals surface area contributed by atoms with Gasteiger partial charge in [0.15, 0.2) is 11.5 Å². The van der Waals surface area contributed by atoms with E-state index in [1.54, 1.807) is 12.1 Å². The third kappa shape index (κ3) is 7.32. The average molecular weight is 606 g/mol. The zero-order valence-electron chi connectivity index (χ0n) is 20.2. The number of nitrogens with one attached hydrogen (secondary N) is 1. The van der Waals surface area contributed by atoms with Gasteiger partial charge in [0.1, 0.15) is 29.7 Å². The van der Waals surface area contributed by atoms with Crippen molar-refractivity contribution in [3.63, 3.8) is 0 Å². The standard InChI is InChI=1S/C27H23BrCl2N2O5/c1-4-36-25-11-17(10-21(30)26(25)37-15-16-5-7-19(28)8-6-16)9-18(14-31)27(33)32-22-13-23(34-2)20(29)12-24(22)35-3/h5-13H,4,15H2,1-3H3,(H,32,33)/b18-9+. The van der Waals surface area contributed by atoms with Crippen LogP contribution in [-0.2, 0) is 11.4 Å². The molecule has 0 bridgehead atoms. The molecular weight excluding hydrogens is 583 g/mol. The van der Waals surface area contributed by atoms with Gasteiger partial charge in [-0.05, 0) is 48.4 Å². The smallest absolute Gasteiger partial charge is 0.266 e. The van der Waals surface area contributed by atoms with Gasteiger partial charge in [-0.2, -0.15) is 5.26 Å². The zero-order chi connectivity index (χ0) is 26.9. The molecule has 1 N–H and O–H groups in total. The van der Waals surface area contributed by atoms with Crippen molar-refractivity contribution in [2.45, 2.75) is 13.5 Å². The van der Waals surface area contributed by atoms with Crippen molar-refractivity contribution in [2.75, 3.05) is 26.1 Å². The topological polar surface area (TPSA) is 89.8 Å². The Labute approximate surface area is 233 Å². The van der Waals surface area contributed by atoms with Gasteiger partial charge in [-0.25, -0.2) is 0 Å². The molecule has 3 aromatic rings. The molecule has 0 aliphatic rings. The van der Waals surface area contributed by atoms with E-state index in [0.717, 1.165) is 10.0 Å². The SMILES string of the molecule is CCOc1cc(/C=C(\C#N)C(=O)Nc2cc(OC)c(Cl)cc2OC)cc(Cl)c1OCc1ccc(Br)cc1. The van der Waals surface area contributed by atoms with Crippen LogP contribution in [0.2, 0.25) is 10.0 Å². The summed E-state index contributed by atoms with van der Waals surface area (Å²) in [4.78, 5) is 12.9. The molecule has 192 valence electrons. The van der Waals surface area contributed by atoms with Crippen molar-refractivity contribution < 1.29 is 23.7 Å². The van der Waals surface area contributed by atoms with Gasteiger partial charge in [0.2, 0.25) is 0 Å². The van der Waals surface area contributed by atoms with Gasteiger partial charge in [-0.1, -0.05) is 51.3 Å². The van der Waals surface area contributed by atoms with E-state index in [2.05, 4.69) is 21.2 Å². The summed E-state index contributed by atoms with van der Waals surface area (Å²) in [5.74, 6) is 0.747. The Morgan fingerprint density at radius 2 is 1.70 bits per heavy atom. The Kier molecular flexibility index (Phi) is 10.1. The van der Waals surface area contributed by atoms with Gasteiger partial charge in [0, 0.05) is 16.6 Å². The first-order chi connectivity index (χ1) is 17.8. The summed E-state index contributed by atoms with van der Waals surface area (Å²) >= 11 is 16.1. The molecule has 0 fully saturated rings. The largest absolute Gasteiger partial charge is 0.495 e. The Morgan fingerprint density at radius 1 is 1.00 bits per heavy atom. The third-order valence-corrected chi connectivity index (χ3v) is 6.13. The van der Waals surface area contributed by atoms with Crippen molar-refractivity contribution in [1.82, 2.24) is 0 Å². The van der Waals surface area contributed by atoms with Crippen LogP contribution >= 0.6 is 39.1 Å². The van der Waals surface area contributed by atoms with Crippen LogP contribution in [0.3, 0.4) is 0 Å². The third-order valence-electron chi connectivity index (χ3n) is 5.03. The van der Waals surface area contributed by atoms with Gasteiger partial charge < -0.3 is 24.3 Å². The zero-order valence-corrected chi connectivity index (χ0v) is 23.3. The maximum absolute atomic E-state index is 12.9. The molecule has 0 atom stereocenters. The molecule has 0 aromatic heterocycles. The van der Waals surface area contributed by atoms with Gasteiger partial charge in [-0.15, -0.1) is 0 Å². The maximum Gasteiger partial charge on any atom is 0.266 e. The van der Waals surface area contributed by atoms with Gasteiger partial charge >= 0.3 is 0 Å². The number of anilines is 1. The summed E-state index contributed by atoms with van der Waals surface area (Å²) < 4.78 is 23.1. The minimum absolute atomic E-state index is 0.169. The number of ether oxygens (including phenoxy) is 4. The lowest BCUT2D eigenvalue weighted by Gasteiger charge is -2.15. The summed E-state index contributed by atoms with van der Waals surface area (Å²) in [5.41, 5.74) is 1.55. The van der Waals surface area contributed by atoms with Gasteiger partial charge in [-0.3, -0.25) is 4.79 Å². The highest BCUT2D eigenvalue weighted by Crippen LogP contribution is 2.39. The van der Waals surface area contributed by atoms with Crippen LogP contribution in [0.15, 0.2) is 58.6 Å². The predicted octanol–water partition coefficient (Wildman–Crippen LogP) is 7.30. The van der Waals surface area contributed by atoms with Crippen LogP contribution in [-0.4, -0.2) is 26.7 Å². The summed E-state index contributed by atoms with van der Waals surface area (Å²) in [6.45, 7) is 2.47. The van der Waals surface area contributed by atoms with Crippen LogP contribution in [0, 0.1) is 11.3 Å². The molecule has 1 amide bonds. The van der Waals surface area contributed by atoms with Crippen molar-refractivity contribution in [3.8, 4) is 29.1 Å². The lowest BCUT2D eigenvalue weighted by Crippen LogP contribution is -2.14. The van der Waals surface area contributed by atoms with Crippen LogP contribution in [0.5, 0.6) is 23.0 Å². The summed E-state index contributed by atoms with van der Waals surface area (Å²) in [5, 5.41) is 12.9. The fourth-order valence-corrected chi connectivity index (χ4v) is 4.04. The number of amides is 1. The molecule has 0 spiro atoms. The van der Waals surface area contributed by atoms with Crippen molar-refractivity contribution in [3.05, 3.63) is 79.7 Å². The highest BCUT2D eigenvalue weighted by atomic mass is 79.9. The lowest BCUT2D eigenvalue weighted by atomic mass is 10.1. The summed E-state index contributed by atoms with van der Waals surface area (Å²) in [6.07, 6.45) is 1.40. The number of nitrogens with zero attached hydrogens (tertiary/aromatic N) is 1. The Balaban J connectivity index is 1.88. The Morgan fingerprint density at radius 3 is 2.32 bits per heavy atom. The second kappa shape index (κ2) is 13.2. The average Bonchev–Trinajstić information content (AvgIpc) is 2.88. The molecule has 0 saturated heterocycles. The number of nitriles is 1. The van der Waals surface area contributed by atoms with Crippen molar-refractivity contribution in [1.29, 1.82) is 5.26 Å². The van der Waals surface area contributed by atoms with E-state index in [0.29, 0.717) is 45.9 Å². The van der Waals surface area contributed by atoms with Crippen molar-refractivity contribution in [2.24, 2.45) is 0 Å². The quantitative estimate of drug-likeness (QED) is 0.193. The Bertz CT molecular complexity index is 1350. The summed E-state index contributed by atoms with van der Waals surface area (Å²) in [6, 6.07) is 15.9. The van der Waals surface area contributed by atoms with E-state index in [-0.39, 0.29) is 17.2 Å². The number of halogens is 3. The predicted molar refractivity (Wildman–Crippen MR) is 148 cm³/mol. The lowest BCUT2D eigenvalue weighted by molar-refractivity contribution is -0.112. The number of hydrogen-bond donors (Lipinski definition) is 1. The molecular formula is C27H23BrCl2N2O5. The van der Waals surface area contributed by atoms with Crippen LogP contribution in [0.25, 0.3) is 6.08 Å². The van der Waals surface area contributed by atoms with E-state index in [1.165, 1.54) is 32.4 Å². The number of carbonyl (C=O) groups is 1. The second-order valence-corrected chi connectivity index (χ2v) is 9.22.